The Morgan fingerprint density at radius 1 is 1.00 bits per heavy atom. The summed E-state index contributed by atoms with van der Waals surface area (Å²) >= 11 is 12.6. The summed E-state index contributed by atoms with van der Waals surface area (Å²) in [6, 6.07) is 17.0. The van der Waals surface area contributed by atoms with Crippen molar-refractivity contribution in [2.24, 2.45) is 0 Å². The number of hydrogen-bond acceptors (Lipinski definition) is 4. The van der Waals surface area contributed by atoms with Crippen molar-refractivity contribution in [3.05, 3.63) is 99.7 Å². The number of anilines is 1. The van der Waals surface area contributed by atoms with Crippen molar-refractivity contribution in [3.8, 4) is 23.1 Å². The fourth-order valence-electron chi connectivity index (χ4n) is 4.23. The lowest BCUT2D eigenvalue weighted by Gasteiger charge is -2.26. The Labute approximate surface area is 243 Å². The molecule has 4 rings (SSSR count). The minimum atomic E-state index is -4.50. The lowest BCUT2D eigenvalue weighted by molar-refractivity contribution is -0.137. The van der Waals surface area contributed by atoms with Crippen LogP contribution in [0.3, 0.4) is 0 Å². The van der Waals surface area contributed by atoms with E-state index < -0.39 is 29.6 Å². The molecule has 0 aliphatic heterocycles. The van der Waals surface area contributed by atoms with Gasteiger partial charge in [-0.05, 0) is 48.9 Å². The van der Waals surface area contributed by atoms with E-state index in [0.29, 0.717) is 21.8 Å². The highest BCUT2D eigenvalue weighted by Crippen LogP contribution is 2.39. The first kappa shape index (κ1) is 29.6. The summed E-state index contributed by atoms with van der Waals surface area (Å²) in [7, 11) is 1.45. The first-order valence-corrected chi connectivity index (χ1v) is 12.9. The van der Waals surface area contributed by atoms with Crippen LogP contribution in [-0.2, 0) is 11.0 Å². The van der Waals surface area contributed by atoms with Crippen LogP contribution in [0.1, 0.15) is 41.5 Å². The van der Waals surface area contributed by atoms with Gasteiger partial charge in [0.1, 0.15) is 5.69 Å². The van der Waals surface area contributed by atoms with E-state index in [1.165, 1.54) is 35.7 Å². The van der Waals surface area contributed by atoms with Gasteiger partial charge in [0.15, 0.2) is 11.9 Å². The Morgan fingerprint density at radius 3 is 2.15 bits per heavy atom. The third kappa shape index (κ3) is 5.92. The molecule has 7 nitrogen and oxygen atoms in total. The van der Waals surface area contributed by atoms with Crippen molar-refractivity contribution in [1.82, 2.24) is 14.7 Å². The SMILES string of the molecule is CC(=O)N(C#N)c1c(C(=O)N(C)[C@H](C)c2ccc(C(F)(F)F)cc2)nn(-c2ccccc2Cl)c1-c1ccc(Cl)cc1. The molecule has 0 saturated heterocycles. The van der Waals surface area contributed by atoms with E-state index in [1.807, 2.05) is 6.19 Å². The molecule has 0 saturated carbocycles. The number of aromatic nitrogens is 2. The smallest absolute Gasteiger partial charge is 0.333 e. The number of nitrogens with zero attached hydrogens (tertiary/aromatic N) is 5. The molecule has 0 spiro atoms. The van der Waals surface area contributed by atoms with Crippen LogP contribution >= 0.6 is 23.2 Å². The van der Waals surface area contributed by atoms with Crippen molar-refractivity contribution in [2.75, 3.05) is 11.9 Å². The van der Waals surface area contributed by atoms with Crippen molar-refractivity contribution in [2.45, 2.75) is 26.1 Å². The molecule has 41 heavy (non-hydrogen) atoms. The highest BCUT2D eigenvalue weighted by molar-refractivity contribution is 6.32. The van der Waals surface area contributed by atoms with Gasteiger partial charge in [-0.15, -0.1) is 0 Å². The van der Waals surface area contributed by atoms with E-state index in [1.54, 1.807) is 55.5 Å². The van der Waals surface area contributed by atoms with Gasteiger partial charge < -0.3 is 4.90 Å². The molecule has 210 valence electrons. The predicted molar refractivity (Wildman–Crippen MR) is 150 cm³/mol. The van der Waals surface area contributed by atoms with Gasteiger partial charge >= 0.3 is 6.18 Å². The lowest BCUT2D eigenvalue weighted by atomic mass is 10.0. The normalized spacial score (nSPS) is 12.0. The van der Waals surface area contributed by atoms with Crippen LogP contribution in [0.2, 0.25) is 10.0 Å². The van der Waals surface area contributed by atoms with Gasteiger partial charge in [-0.3, -0.25) is 9.59 Å². The number of carbonyl (C=O) groups excluding carboxylic acids is 2. The molecule has 0 radical (unpaired) electrons. The Kier molecular flexibility index (Phi) is 8.42. The summed E-state index contributed by atoms with van der Waals surface area (Å²) in [6.07, 6.45) is -2.68. The highest BCUT2D eigenvalue weighted by Gasteiger charge is 2.34. The highest BCUT2D eigenvalue weighted by atomic mass is 35.5. The molecule has 0 aliphatic carbocycles. The van der Waals surface area contributed by atoms with E-state index >= 15 is 0 Å². The third-order valence-electron chi connectivity index (χ3n) is 6.52. The maximum atomic E-state index is 14.0. The average Bonchev–Trinajstić information content (AvgIpc) is 3.32. The number of rotatable bonds is 6. The first-order chi connectivity index (χ1) is 19.3. The monoisotopic (exact) mass is 599 g/mol. The minimum Gasteiger partial charge on any atom is -0.333 e. The van der Waals surface area contributed by atoms with Crippen molar-refractivity contribution in [3.63, 3.8) is 0 Å². The summed E-state index contributed by atoms with van der Waals surface area (Å²) in [5, 5.41) is 15.2. The molecule has 1 aromatic heterocycles. The standard InChI is InChI=1S/C29H22Cl2F3N5O2/c1-17(19-8-12-21(13-9-19)29(32,33)34)37(3)28(41)25-27(38(16-35)18(2)40)26(20-10-14-22(30)15-11-20)39(36-25)24-7-5-4-6-23(24)31/h4-15,17H,1-3H3/t17-/m1/s1. The number of amides is 2. The molecule has 4 aromatic rings. The van der Waals surface area contributed by atoms with Crippen LogP contribution in [0.25, 0.3) is 16.9 Å². The van der Waals surface area contributed by atoms with Crippen LogP contribution < -0.4 is 4.90 Å². The maximum absolute atomic E-state index is 14.0. The summed E-state index contributed by atoms with van der Waals surface area (Å²) in [6.45, 7) is 2.81. The Hall–Kier alpha value is -4.33. The molecule has 0 fully saturated rings. The van der Waals surface area contributed by atoms with Crippen molar-refractivity contribution < 1.29 is 22.8 Å². The first-order valence-electron chi connectivity index (χ1n) is 12.1. The summed E-state index contributed by atoms with van der Waals surface area (Å²) in [5.74, 6) is -1.36. The molecule has 2 amide bonds. The van der Waals surface area contributed by atoms with Gasteiger partial charge in [0.25, 0.3) is 5.91 Å². The topological polar surface area (TPSA) is 82.2 Å². The predicted octanol–water partition coefficient (Wildman–Crippen LogP) is 7.53. The fourth-order valence-corrected chi connectivity index (χ4v) is 4.57. The minimum absolute atomic E-state index is 0.0845. The van der Waals surface area contributed by atoms with E-state index in [9.17, 15) is 28.0 Å². The van der Waals surface area contributed by atoms with Crippen molar-refractivity contribution >= 4 is 40.7 Å². The Balaban J connectivity index is 1.92. The van der Waals surface area contributed by atoms with E-state index in [-0.39, 0.29) is 22.1 Å². The van der Waals surface area contributed by atoms with E-state index in [4.69, 9.17) is 23.2 Å². The number of benzene rings is 3. The molecule has 0 bridgehead atoms. The van der Waals surface area contributed by atoms with Crippen LogP contribution in [0.5, 0.6) is 0 Å². The summed E-state index contributed by atoms with van der Waals surface area (Å²) in [4.78, 5) is 28.7. The third-order valence-corrected chi connectivity index (χ3v) is 7.09. The quantitative estimate of drug-likeness (QED) is 0.169. The molecule has 1 heterocycles. The van der Waals surface area contributed by atoms with Gasteiger partial charge in [-0.25, -0.2) is 9.58 Å². The Morgan fingerprint density at radius 2 is 1.61 bits per heavy atom. The van der Waals surface area contributed by atoms with Crippen LogP contribution in [0, 0.1) is 11.5 Å². The van der Waals surface area contributed by atoms with Gasteiger partial charge in [0.2, 0.25) is 5.91 Å². The molecule has 0 unspecified atom stereocenters. The fraction of sp³-hybridized carbons (Fsp3) is 0.172. The Bertz CT molecular complexity index is 1650. The average molecular weight is 600 g/mol. The van der Waals surface area contributed by atoms with Gasteiger partial charge in [-0.1, -0.05) is 59.6 Å². The van der Waals surface area contributed by atoms with Crippen molar-refractivity contribution in [1.29, 1.82) is 5.26 Å². The largest absolute Gasteiger partial charge is 0.416 e. The maximum Gasteiger partial charge on any atom is 0.416 e. The van der Waals surface area contributed by atoms with Crippen LogP contribution in [0.15, 0.2) is 72.8 Å². The summed E-state index contributed by atoms with van der Waals surface area (Å²) in [5.41, 5.74) is 0.372. The molecule has 1 atom stereocenters. The van der Waals surface area contributed by atoms with Gasteiger partial charge in [0, 0.05) is 24.6 Å². The van der Waals surface area contributed by atoms with Crippen LogP contribution in [0.4, 0.5) is 18.9 Å². The second-order valence-electron chi connectivity index (χ2n) is 9.08. The number of carbonyl (C=O) groups is 2. The zero-order valence-electron chi connectivity index (χ0n) is 21.9. The van der Waals surface area contributed by atoms with Crippen LogP contribution in [-0.4, -0.2) is 33.5 Å². The number of para-hydroxylation sites is 1. The molecular formula is C29H22Cl2F3N5O2. The summed E-state index contributed by atoms with van der Waals surface area (Å²) < 4.78 is 40.6. The van der Waals surface area contributed by atoms with Gasteiger partial charge in [-0.2, -0.15) is 23.5 Å². The number of alkyl halides is 3. The van der Waals surface area contributed by atoms with E-state index in [0.717, 1.165) is 17.0 Å². The molecule has 0 N–H and O–H groups in total. The van der Waals surface area contributed by atoms with E-state index in [2.05, 4.69) is 5.10 Å². The van der Waals surface area contributed by atoms with Gasteiger partial charge in [0.05, 0.1) is 28.0 Å². The zero-order chi connectivity index (χ0) is 30.1. The lowest BCUT2D eigenvalue weighted by Crippen LogP contribution is -2.32. The zero-order valence-corrected chi connectivity index (χ0v) is 23.5. The molecule has 12 heteroatoms. The number of halogens is 5. The number of hydrogen-bond donors (Lipinski definition) is 0. The number of nitriles is 1. The molecular weight excluding hydrogens is 578 g/mol. The molecule has 3 aromatic carbocycles. The molecule has 0 aliphatic rings. The second kappa shape index (κ2) is 11.6. The second-order valence-corrected chi connectivity index (χ2v) is 9.93.